The second-order valence-corrected chi connectivity index (χ2v) is 7.03. The highest BCUT2D eigenvalue weighted by Crippen LogP contribution is 2.32. The Balaban J connectivity index is 1.90. The van der Waals surface area contributed by atoms with Gasteiger partial charge in [0.15, 0.2) is 5.13 Å². The van der Waals surface area contributed by atoms with Crippen molar-refractivity contribution in [1.82, 2.24) is 4.98 Å². The van der Waals surface area contributed by atoms with Gasteiger partial charge in [0.1, 0.15) is 0 Å². The molecule has 1 aromatic carbocycles. The van der Waals surface area contributed by atoms with E-state index in [-0.39, 0.29) is 12.0 Å². The number of amides is 1. The molecule has 0 N–H and O–H groups in total. The fourth-order valence-corrected chi connectivity index (χ4v) is 4.02. The summed E-state index contributed by atoms with van der Waals surface area (Å²) in [6, 6.07) is 5.98. The Hall–Kier alpha value is -0.980. The number of rotatable bonds is 4. The molecule has 1 unspecified atom stereocenters. The van der Waals surface area contributed by atoms with Crippen molar-refractivity contribution in [3.8, 4) is 0 Å². The summed E-state index contributed by atoms with van der Waals surface area (Å²) in [4.78, 5) is 18.7. The SMILES string of the molecule is CCC(=O)N(CC1CCCO1)c1nc2ccc(Br)cc2s1. The lowest BCUT2D eigenvalue weighted by molar-refractivity contribution is -0.118. The van der Waals surface area contributed by atoms with Crippen molar-refractivity contribution < 1.29 is 9.53 Å². The maximum Gasteiger partial charge on any atom is 0.228 e. The van der Waals surface area contributed by atoms with Crippen LogP contribution in [0.25, 0.3) is 10.2 Å². The number of fused-ring (bicyclic) bond motifs is 1. The summed E-state index contributed by atoms with van der Waals surface area (Å²) in [6.45, 7) is 3.29. The topological polar surface area (TPSA) is 42.4 Å². The van der Waals surface area contributed by atoms with Gasteiger partial charge < -0.3 is 4.74 Å². The average molecular weight is 369 g/mol. The highest BCUT2D eigenvalue weighted by atomic mass is 79.9. The van der Waals surface area contributed by atoms with E-state index in [0.717, 1.165) is 39.3 Å². The Kier molecular flexibility index (Phi) is 4.57. The van der Waals surface area contributed by atoms with Gasteiger partial charge in [0, 0.05) is 17.5 Å². The van der Waals surface area contributed by atoms with Crippen LogP contribution >= 0.6 is 27.3 Å². The van der Waals surface area contributed by atoms with E-state index in [1.54, 1.807) is 16.2 Å². The maximum absolute atomic E-state index is 12.3. The van der Waals surface area contributed by atoms with Crippen molar-refractivity contribution in [3.63, 3.8) is 0 Å². The van der Waals surface area contributed by atoms with Gasteiger partial charge in [0.2, 0.25) is 5.91 Å². The molecular weight excluding hydrogens is 352 g/mol. The van der Waals surface area contributed by atoms with Gasteiger partial charge in [-0.1, -0.05) is 34.2 Å². The third-order valence-electron chi connectivity index (χ3n) is 3.58. The number of carbonyl (C=O) groups excluding carboxylic acids is 1. The first-order chi connectivity index (χ1) is 10.2. The number of halogens is 1. The van der Waals surface area contributed by atoms with E-state index in [1.165, 1.54) is 0 Å². The monoisotopic (exact) mass is 368 g/mol. The van der Waals surface area contributed by atoms with Gasteiger partial charge in [0.05, 0.1) is 22.9 Å². The van der Waals surface area contributed by atoms with Crippen LogP contribution in [0.3, 0.4) is 0 Å². The van der Waals surface area contributed by atoms with Crippen molar-refractivity contribution >= 4 is 48.5 Å². The predicted molar refractivity (Wildman–Crippen MR) is 88.9 cm³/mol. The molecule has 1 amide bonds. The van der Waals surface area contributed by atoms with Crippen molar-refractivity contribution in [2.75, 3.05) is 18.1 Å². The molecule has 0 radical (unpaired) electrons. The van der Waals surface area contributed by atoms with Crippen LogP contribution in [0.15, 0.2) is 22.7 Å². The largest absolute Gasteiger partial charge is 0.376 e. The lowest BCUT2D eigenvalue weighted by Gasteiger charge is -2.22. The van der Waals surface area contributed by atoms with Crippen molar-refractivity contribution in [1.29, 1.82) is 0 Å². The van der Waals surface area contributed by atoms with Crippen LogP contribution in [-0.2, 0) is 9.53 Å². The Morgan fingerprint density at radius 1 is 1.57 bits per heavy atom. The number of ether oxygens (including phenoxy) is 1. The fraction of sp³-hybridized carbons (Fsp3) is 0.467. The molecule has 0 aliphatic carbocycles. The number of benzene rings is 1. The molecule has 2 aromatic rings. The van der Waals surface area contributed by atoms with E-state index in [0.29, 0.717) is 13.0 Å². The quantitative estimate of drug-likeness (QED) is 0.819. The lowest BCUT2D eigenvalue weighted by atomic mass is 10.2. The predicted octanol–water partition coefficient (Wildman–Crippen LogP) is 3.98. The van der Waals surface area contributed by atoms with Gasteiger partial charge in [-0.15, -0.1) is 0 Å². The molecule has 1 atom stereocenters. The second-order valence-electron chi connectivity index (χ2n) is 5.10. The summed E-state index contributed by atoms with van der Waals surface area (Å²) in [5, 5.41) is 0.769. The minimum absolute atomic E-state index is 0.101. The smallest absolute Gasteiger partial charge is 0.228 e. The zero-order chi connectivity index (χ0) is 14.8. The van der Waals surface area contributed by atoms with Crippen LogP contribution in [0.2, 0.25) is 0 Å². The van der Waals surface area contributed by atoms with Crippen LogP contribution in [-0.4, -0.2) is 30.1 Å². The molecule has 2 heterocycles. The Bertz CT molecular complexity index is 652. The van der Waals surface area contributed by atoms with Crippen molar-refractivity contribution in [3.05, 3.63) is 22.7 Å². The number of anilines is 1. The number of hydrogen-bond donors (Lipinski definition) is 0. The first kappa shape index (κ1) is 14.9. The summed E-state index contributed by atoms with van der Waals surface area (Å²) in [5.74, 6) is 0.101. The minimum atomic E-state index is 0.101. The molecule has 6 heteroatoms. The van der Waals surface area contributed by atoms with E-state index < -0.39 is 0 Å². The molecule has 1 aliphatic heterocycles. The van der Waals surface area contributed by atoms with Gasteiger partial charge in [-0.05, 0) is 31.0 Å². The molecule has 0 bridgehead atoms. The highest BCUT2D eigenvalue weighted by molar-refractivity contribution is 9.10. The first-order valence-corrected chi connectivity index (χ1v) is 8.76. The molecule has 1 fully saturated rings. The molecule has 0 saturated carbocycles. The Morgan fingerprint density at radius 2 is 2.43 bits per heavy atom. The fourth-order valence-electron chi connectivity index (χ4n) is 2.47. The zero-order valence-electron chi connectivity index (χ0n) is 11.8. The number of nitrogens with zero attached hydrogens (tertiary/aromatic N) is 2. The third kappa shape index (κ3) is 3.27. The molecule has 0 spiro atoms. The summed E-state index contributed by atoms with van der Waals surface area (Å²) in [7, 11) is 0. The summed E-state index contributed by atoms with van der Waals surface area (Å²) < 4.78 is 7.78. The lowest BCUT2D eigenvalue weighted by Crippen LogP contribution is -2.37. The average Bonchev–Trinajstić information content (AvgIpc) is 3.12. The van der Waals surface area contributed by atoms with E-state index >= 15 is 0 Å². The summed E-state index contributed by atoms with van der Waals surface area (Å²) >= 11 is 5.03. The van der Waals surface area contributed by atoms with E-state index in [2.05, 4.69) is 20.9 Å². The number of aromatic nitrogens is 1. The van der Waals surface area contributed by atoms with Gasteiger partial charge >= 0.3 is 0 Å². The summed E-state index contributed by atoms with van der Waals surface area (Å²) in [6.07, 6.45) is 2.71. The van der Waals surface area contributed by atoms with Gasteiger partial charge in [-0.25, -0.2) is 4.98 Å². The highest BCUT2D eigenvalue weighted by Gasteiger charge is 2.25. The number of thiazole rings is 1. The van der Waals surface area contributed by atoms with Crippen LogP contribution < -0.4 is 4.90 Å². The molecule has 3 rings (SSSR count). The minimum Gasteiger partial charge on any atom is -0.376 e. The Labute approximate surface area is 136 Å². The molecule has 4 nitrogen and oxygen atoms in total. The molecule has 21 heavy (non-hydrogen) atoms. The first-order valence-electron chi connectivity index (χ1n) is 7.15. The molecule has 1 saturated heterocycles. The Morgan fingerprint density at radius 3 is 3.14 bits per heavy atom. The third-order valence-corrected chi connectivity index (χ3v) is 5.12. The van der Waals surface area contributed by atoms with Crippen LogP contribution in [0, 0.1) is 0 Å². The standard InChI is InChI=1S/C15H17BrN2O2S/c1-2-14(19)18(9-11-4-3-7-20-11)15-17-12-6-5-10(16)8-13(12)21-15/h5-6,8,11H,2-4,7,9H2,1H3. The normalized spacial score (nSPS) is 18.3. The van der Waals surface area contributed by atoms with E-state index in [4.69, 9.17) is 4.74 Å². The maximum atomic E-state index is 12.3. The molecule has 1 aliphatic rings. The summed E-state index contributed by atoms with van der Waals surface area (Å²) in [5.41, 5.74) is 0.930. The van der Waals surface area contributed by atoms with Crippen molar-refractivity contribution in [2.24, 2.45) is 0 Å². The van der Waals surface area contributed by atoms with E-state index in [1.807, 2.05) is 25.1 Å². The molecular formula is C15H17BrN2O2S. The van der Waals surface area contributed by atoms with Crippen LogP contribution in [0.4, 0.5) is 5.13 Å². The van der Waals surface area contributed by atoms with Crippen LogP contribution in [0.5, 0.6) is 0 Å². The molecule has 112 valence electrons. The number of hydrogen-bond acceptors (Lipinski definition) is 4. The second kappa shape index (κ2) is 6.42. The number of carbonyl (C=O) groups is 1. The van der Waals surface area contributed by atoms with Gasteiger partial charge in [0.25, 0.3) is 0 Å². The van der Waals surface area contributed by atoms with Gasteiger partial charge in [-0.2, -0.15) is 0 Å². The van der Waals surface area contributed by atoms with Crippen molar-refractivity contribution in [2.45, 2.75) is 32.3 Å². The van der Waals surface area contributed by atoms with Gasteiger partial charge in [-0.3, -0.25) is 9.69 Å². The molecule has 1 aromatic heterocycles. The van der Waals surface area contributed by atoms with E-state index in [9.17, 15) is 4.79 Å². The zero-order valence-corrected chi connectivity index (χ0v) is 14.2. The van der Waals surface area contributed by atoms with Crippen LogP contribution in [0.1, 0.15) is 26.2 Å².